The van der Waals surface area contributed by atoms with E-state index in [-0.39, 0.29) is 16.5 Å². The normalized spacial score (nSPS) is 12.5. The van der Waals surface area contributed by atoms with Gasteiger partial charge in [-0.3, -0.25) is 4.79 Å². The SMILES string of the molecule is CCOc1ccc(C(C)NC(=O)c2ccccc2S(C)(=O)=O)cc1. The molecule has 0 saturated heterocycles. The van der Waals surface area contributed by atoms with Crippen molar-refractivity contribution in [2.24, 2.45) is 0 Å². The topological polar surface area (TPSA) is 72.5 Å². The molecule has 0 spiro atoms. The first-order valence-corrected chi connectivity index (χ1v) is 9.54. The first-order chi connectivity index (χ1) is 11.3. The number of sulfone groups is 1. The Morgan fingerprint density at radius 3 is 2.33 bits per heavy atom. The van der Waals surface area contributed by atoms with E-state index in [1.54, 1.807) is 12.1 Å². The Balaban J connectivity index is 2.18. The molecule has 0 aliphatic carbocycles. The molecule has 128 valence electrons. The molecule has 1 amide bonds. The van der Waals surface area contributed by atoms with E-state index in [9.17, 15) is 13.2 Å². The van der Waals surface area contributed by atoms with Gasteiger partial charge in [0.2, 0.25) is 0 Å². The summed E-state index contributed by atoms with van der Waals surface area (Å²) in [5.41, 5.74) is 1.06. The molecule has 0 aliphatic rings. The molecule has 0 heterocycles. The van der Waals surface area contributed by atoms with Crippen molar-refractivity contribution in [3.05, 3.63) is 59.7 Å². The fraction of sp³-hybridized carbons (Fsp3) is 0.278. The van der Waals surface area contributed by atoms with Crippen LogP contribution in [0.15, 0.2) is 53.4 Å². The van der Waals surface area contributed by atoms with Crippen molar-refractivity contribution in [1.82, 2.24) is 5.32 Å². The zero-order chi connectivity index (χ0) is 17.7. The molecule has 2 aromatic carbocycles. The quantitative estimate of drug-likeness (QED) is 0.872. The van der Waals surface area contributed by atoms with Gasteiger partial charge in [-0.25, -0.2) is 8.42 Å². The van der Waals surface area contributed by atoms with Gasteiger partial charge in [0.15, 0.2) is 9.84 Å². The average Bonchev–Trinajstić information content (AvgIpc) is 2.55. The van der Waals surface area contributed by atoms with Crippen LogP contribution in [-0.4, -0.2) is 27.2 Å². The van der Waals surface area contributed by atoms with Crippen LogP contribution in [-0.2, 0) is 9.84 Å². The summed E-state index contributed by atoms with van der Waals surface area (Å²) < 4.78 is 29.0. The molecule has 0 fully saturated rings. The van der Waals surface area contributed by atoms with E-state index >= 15 is 0 Å². The molecule has 6 heteroatoms. The first kappa shape index (κ1) is 18.0. The summed E-state index contributed by atoms with van der Waals surface area (Å²) in [6.07, 6.45) is 1.09. The van der Waals surface area contributed by atoms with Crippen LogP contribution < -0.4 is 10.1 Å². The van der Waals surface area contributed by atoms with Crippen molar-refractivity contribution >= 4 is 15.7 Å². The molecule has 5 nitrogen and oxygen atoms in total. The molecule has 24 heavy (non-hydrogen) atoms. The number of nitrogens with one attached hydrogen (secondary N) is 1. The van der Waals surface area contributed by atoms with E-state index in [0.29, 0.717) is 6.61 Å². The summed E-state index contributed by atoms with van der Waals surface area (Å²) in [6, 6.07) is 13.4. The summed E-state index contributed by atoms with van der Waals surface area (Å²) in [6.45, 7) is 4.35. The van der Waals surface area contributed by atoms with Crippen LogP contribution in [0.25, 0.3) is 0 Å². The van der Waals surface area contributed by atoms with E-state index in [0.717, 1.165) is 17.6 Å². The second kappa shape index (κ2) is 7.49. The van der Waals surface area contributed by atoms with Crippen LogP contribution in [0.4, 0.5) is 0 Å². The lowest BCUT2D eigenvalue weighted by Gasteiger charge is -2.16. The number of carbonyl (C=O) groups excluding carboxylic acids is 1. The number of hydrogen-bond acceptors (Lipinski definition) is 4. The fourth-order valence-electron chi connectivity index (χ4n) is 2.35. The number of rotatable bonds is 6. The number of carbonyl (C=O) groups is 1. The predicted octanol–water partition coefficient (Wildman–Crippen LogP) is 2.98. The van der Waals surface area contributed by atoms with E-state index < -0.39 is 15.7 Å². The van der Waals surface area contributed by atoms with Crippen LogP contribution >= 0.6 is 0 Å². The number of benzene rings is 2. The Morgan fingerprint density at radius 2 is 1.75 bits per heavy atom. The standard InChI is InChI=1S/C18H21NO4S/c1-4-23-15-11-9-14(10-12-15)13(2)19-18(20)16-7-5-6-8-17(16)24(3,21)22/h5-13H,4H2,1-3H3,(H,19,20). The molecule has 0 aromatic heterocycles. The highest BCUT2D eigenvalue weighted by molar-refractivity contribution is 7.90. The van der Waals surface area contributed by atoms with Crippen molar-refractivity contribution in [3.8, 4) is 5.75 Å². The molecule has 1 unspecified atom stereocenters. The lowest BCUT2D eigenvalue weighted by atomic mass is 10.1. The molecule has 0 saturated carbocycles. The molecule has 2 rings (SSSR count). The fourth-order valence-corrected chi connectivity index (χ4v) is 3.24. The molecule has 2 aromatic rings. The van der Waals surface area contributed by atoms with Crippen LogP contribution in [0.2, 0.25) is 0 Å². The van der Waals surface area contributed by atoms with E-state index in [1.165, 1.54) is 12.1 Å². The van der Waals surface area contributed by atoms with Crippen molar-refractivity contribution in [3.63, 3.8) is 0 Å². The third-order valence-corrected chi connectivity index (χ3v) is 4.72. The Labute approximate surface area is 142 Å². The monoisotopic (exact) mass is 347 g/mol. The van der Waals surface area contributed by atoms with Crippen molar-refractivity contribution < 1.29 is 17.9 Å². The highest BCUT2D eigenvalue weighted by Gasteiger charge is 2.19. The number of amides is 1. The van der Waals surface area contributed by atoms with Gasteiger partial charge in [0.05, 0.1) is 23.1 Å². The van der Waals surface area contributed by atoms with Gasteiger partial charge >= 0.3 is 0 Å². The average molecular weight is 347 g/mol. The molecule has 1 N–H and O–H groups in total. The number of hydrogen-bond donors (Lipinski definition) is 1. The van der Waals surface area contributed by atoms with Crippen molar-refractivity contribution in [2.45, 2.75) is 24.8 Å². The van der Waals surface area contributed by atoms with Gasteiger partial charge in [0.1, 0.15) is 5.75 Å². The van der Waals surface area contributed by atoms with E-state index in [1.807, 2.05) is 38.1 Å². The second-order valence-corrected chi connectivity index (χ2v) is 7.45. The van der Waals surface area contributed by atoms with Crippen LogP contribution in [0.3, 0.4) is 0 Å². The lowest BCUT2D eigenvalue weighted by Crippen LogP contribution is -2.28. The maximum atomic E-state index is 12.5. The minimum absolute atomic E-state index is 0.0291. The minimum atomic E-state index is -3.47. The van der Waals surface area contributed by atoms with Crippen LogP contribution in [0, 0.1) is 0 Å². The van der Waals surface area contributed by atoms with Crippen molar-refractivity contribution in [2.75, 3.05) is 12.9 Å². The summed E-state index contributed by atoms with van der Waals surface area (Å²) in [7, 11) is -3.47. The molecular formula is C18H21NO4S. The molecule has 0 aliphatic heterocycles. The zero-order valence-corrected chi connectivity index (χ0v) is 14.8. The molecule has 0 radical (unpaired) electrons. The summed E-state index contributed by atoms with van der Waals surface area (Å²) >= 11 is 0. The van der Waals surface area contributed by atoms with Crippen LogP contribution in [0.1, 0.15) is 35.8 Å². The lowest BCUT2D eigenvalue weighted by molar-refractivity contribution is 0.0936. The largest absolute Gasteiger partial charge is 0.494 e. The van der Waals surface area contributed by atoms with Crippen LogP contribution in [0.5, 0.6) is 5.75 Å². The Kier molecular flexibility index (Phi) is 5.62. The third-order valence-electron chi connectivity index (χ3n) is 3.57. The first-order valence-electron chi connectivity index (χ1n) is 7.65. The molecule has 1 atom stereocenters. The van der Waals surface area contributed by atoms with Gasteiger partial charge in [0.25, 0.3) is 5.91 Å². The molecular weight excluding hydrogens is 326 g/mol. The van der Waals surface area contributed by atoms with Gasteiger partial charge in [-0.1, -0.05) is 24.3 Å². The van der Waals surface area contributed by atoms with Crippen molar-refractivity contribution in [1.29, 1.82) is 0 Å². The van der Waals surface area contributed by atoms with E-state index in [2.05, 4.69) is 5.32 Å². The maximum Gasteiger partial charge on any atom is 0.253 e. The Bertz CT molecular complexity index is 813. The van der Waals surface area contributed by atoms with E-state index in [4.69, 9.17) is 4.74 Å². The zero-order valence-electron chi connectivity index (χ0n) is 13.9. The van der Waals surface area contributed by atoms with Gasteiger partial charge in [-0.05, 0) is 43.7 Å². The van der Waals surface area contributed by atoms with Gasteiger partial charge < -0.3 is 10.1 Å². The highest BCUT2D eigenvalue weighted by Crippen LogP contribution is 2.20. The maximum absolute atomic E-state index is 12.5. The summed E-state index contributed by atoms with van der Waals surface area (Å²) in [5.74, 6) is 0.347. The Morgan fingerprint density at radius 1 is 1.12 bits per heavy atom. The second-order valence-electron chi connectivity index (χ2n) is 5.47. The van der Waals surface area contributed by atoms with Gasteiger partial charge in [-0.2, -0.15) is 0 Å². The smallest absolute Gasteiger partial charge is 0.253 e. The van der Waals surface area contributed by atoms with Gasteiger partial charge in [0, 0.05) is 6.26 Å². The minimum Gasteiger partial charge on any atom is -0.494 e. The third kappa shape index (κ3) is 4.35. The predicted molar refractivity (Wildman–Crippen MR) is 93.0 cm³/mol. The summed E-state index contributed by atoms with van der Waals surface area (Å²) in [4.78, 5) is 12.5. The molecule has 0 bridgehead atoms. The Hall–Kier alpha value is -2.34. The highest BCUT2D eigenvalue weighted by atomic mass is 32.2. The number of ether oxygens (including phenoxy) is 1. The van der Waals surface area contributed by atoms with Gasteiger partial charge in [-0.15, -0.1) is 0 Å². The summed E-state index contributed by atoms with van der Waals surface area (Å²) in [5, 5.41) is 2.83.